The molecule has 2 fully saturated rings. The van der Waals surface area contributed by atoms with Gasteiger partial charge in [-0.2, -0.15) is 0 Å². The van der Waals surface area contributed by atoms with E-state index in [1.54, 1.807) is 12.1 Å². The fourth-order valence-electron chi connectivity index (χ4n) is 4.62. The molecule has 3 aliphatic rings. The normalized spacial score (nSPS) is 27.9. The second kappa shape index (κ2) is 7.68. The summed E-state index contributed by atoms with van der Waals surface area (Å²) in [6, 6.07) is 4.79. The number of carbonyl (C=O) groups is 4. The third kappa shape index (κ3) is 3.58. The van der Waals surface area contributed by atoms with Gasteiger partial charge in [-0.15, -0.1) is 0 Å². The van der Waals surface area contributed by atoms with E-state index in [-0.39, 0.29) is 18.7 Å². The molecule has 2 saturated heterocycles. The molecule has 8 heteroatoms. The number of carbonyl (C=O) groups excluding carboxylic acids is 4. The van der Waals surface area contributed by atoms with Gasteiger partial charge < -0.3 is 5.73 Å². The predicted molar refractivity (Wildman–Crippen MR) is 105 cm³/mol. The fourth-order valence-corrected chi connectivity index (χ4v) is 4.62. The summed E-state index contributed by atoms with van der Waals surface area (Å²) in [4.78, 5) is 52.6. The van der Waals surface area contributed by atoms with Crippen LogP contribution in [0.2, 0.25) is 0 Å². The summed E-state index contributed by atoms with van der Waals surface area (Å²) in [5.41, 5.74) is 7.42. The average Bonchev–Trinajstić information content (AvgIpc) is 2.94. The Morgan fingerprint density at radius 3 is 2.55 bits per heavy atom. The standard InChI is InChI=1S/C21H26N4O4/c1-12-8-13(10-22)6-7-24(12)11-14-2-3-15-16(9-14)21(29)25(20(15)28)17-4-5-18(26)23-19(17)27/h2-3,9,12-13,17H,4-8,10-11,22H2,1H3,(H,23,26,27). The Kier molecular flexibility index (Phi) is 5.23. The molecule has 1 aromatic rings. The number of piperidine rings is 2. The molecule has 3 atom stereocenters. The first kappa shape index (κ1) is 19.7. The lowest BCUT2D eigenvalue weighted by molar-refractivity contribution is -0.136. The lowest BCUT2D eigenvalue weighted by atomic mass is 9.91. The topological polar surface area (TPSA) is 113 Å². The van der Waals surface area contributed by atoms with Crippen molar-refractivity contribution in [2.45, 2.75) is 51.2 Å². The van der Waals surface area contributed by atoms with Gasteiger partial charge in [-0.25, -0.2) is 0 Å². The van der Waals surface area contributed by atoms with E-state index in [0.29, 0.717) is 36.2 Å². The number of amides is 4. The molecule has 3 aliphatic heterocycles. The molecule has 3 N–H and O–H groups in total. The van der Waals surface area contributed by atoms with E-state index < -0.39 is 23.8 Å². The van der Waals surface area contributed by atoms with Gasteiger partial charge in [-0.3, -0.25) is 34.3 Å². The Hall–Kier alpha value is -2.58. The minimum Gasteiger partial charge on any atom is -0.330 e. The number of hydrogen-bond donors (Lipinski definition) is 2. The first-order chi connectivity index (χ1) is 13.9. The van der Waals surface area contributed by atoms with Gasteiger partial charge in [0.15, 0.2) is 0 Å². The van der Waals surface area contributed by atoms with E-state index in [0.717, 1.165) is 29.8 Å². The smallest absolute Gasteiger partial charge is 0.262 e. The van der Waals surface area contributed by atoms with Crippen molar-refractivity contribution in [3.05, 3.63) is 34.9 Å². The van der Waals surface area contributed by atoms with Crippen LogP contribution in [0, 0.1) is 5.92 Å². The Bertz CT molecular complexity index is 883. The van der Waals surface area contributed by atoms with Crippen molar-refractivity contribution in [1.82, 2.24) is 15.1 Å². The highest BCUT2D eigenvalue weighted by atomic mass is 16.2. The van der Waals surface area contributed by atoms with Gasteiger partial charge in [-0.1, -0.05) is 6.07 Å². The Morgan fingerprint density at radius 2 is 1.86 bits per heavy atom. The van der Waals surface area contributed by atoms with Crippen molar-refractivity contribution in [3.63, 3.8) is 0 Å². The molecule has 29 heavy (non-hydrogen) atoms. The second-order valence-electron chi connectivity index (χ2n) is 8.27. The largest absolute Gasteiger partial charge is 0.330 e. The highest BCUT2D eigenvalue weighted by Crippen LogP contribution is 2.30. The molecule has 8 nitrogen and oxygen atoms in total. The van der Waals surface area contributed by atoms with Crippen LogP contribution in [0.3, 0.4) is 0 Å². The molecule has 154 valence electrons. The Labute approximate surface area is 169 Å². The summed E-state index contributed by atoms with van der Waals surface area (Å²) in [6.45, 7) is 4.55. The van der Waals surface area contributed by atoms with Gasteiger partial charge >= 0.3 is 0 Å². The fraction of sp³-hybridized carbons (Fsp3) is 0.524. The number of nitrogens with zero attached hydrogens (tertiary/aromatic N) is 2. The summed E-state index contributed by atoms with van der Waals surface area (Å²) < 4.78 is 0. The van der Waals surface area contributed by atoms with Gasteiger partial charge in [0.1, 0.15) is 6.04 Å². The van der Waals surface area contributed by atoms with Crippen molar-refractivity contribution in [1.29, 1.82) is 0 Å². The quantitative estimate of drug-likeness (QED) is 0.720. The van der Waals surface area contributed by atoms with Gasteiger partial charge in [0, 0.05) is 19.0 Å². The van der Waals surface area contributed by atoms with Gasteiger partial charge in [0.2, 0.25) is 11.8 Å². The molecule has 0 saturated carbocycles. The van der Waals surface area contributed by atoms with Crippen LogP contribution in [0.15, 0.2) is 18.2 Å². The zero-order chi connectivity index (χ0) is 20.7. The molecule has 4 rings (SSSR count). The number of hydrogen-bond acceptors (Lipinski definition) is 6. The van der Waals surface area contributed by atoms with Crippen LogP contribution in [0.4, 0.5) is 0 Å². The average molecular weight is 398 g/mol. The number of nitrogens with two attached hydrogens (primary N) is 1. The maximum Gasteiger partial charge on any atom is 0.262 e. The lowest BCUT2D eigenvalue weighted by Gasteiger charge is -2.37. The van der Waals surface area contributed by atoms with E-state index in [4.69, 9.17) is 5.73 Å². The SMILES string of the molecule is CC1CC(CN)CCN1Cc1ccc2c(c1)C(=O)N(C1CCC(=O)NC1=O)C2=O. The molecule has 0 spiro atoms. The molecule has 0 radical (unpaired) electrons. The van der Waals surface area contributed by atoms with Crippen LogP contribution in [0.1, 0.15) is 58.9 Å². The minimum atomic E-state index is -0.932. The zero-order valence-corrected chi connectivity index (χ0v) is 16.5. The third-order valence-electron chi connectivity index (χ3n) is 6.35. The van der Waals surface area contributed by atoms with E-state index in [1.807, 2.05) is 6.07 Å². The Balaban J connectivity index is 1.51. The number of likely N-dealkylation sites (tertiary alicyclic amines) is 1. The second-order valence-corrected chi connectivity index (χ2v) is 8.27. The van der Waals surface area contributed by atoms with E-state index in [2.05, 4.69) is 17.1 Å². The zero-order valence-electron chi connectivity index (χ0n) is 16.5. The third-order valence-corrected chi connectivity index (χ3v) is 6.35. The van der Waals surface area contributed by atoms with Crippen LogP contribution in [-0.4, -0.2) is 58.6 Å². The van der Waals surface area contributed by atoms with E-state index in [1.165, 1.54) is 0 Å². The minimum absolute atomic E-state index is 0.117. The summed E-state index contributed by atoms with van der Waals surface area (Å²) in [7, 11) is 0. The number of imide groups is 2. The van der Waals surface area contributed by atoms with Gasteiger partial charge in [0.25, 0.3) is 11.8 Å². The summed E-state index contributed by atoms with van der Waals surface area (Å²) in [5.74, 6) is -1.34. The molecular formula is C21H26N4O4. The van der Waals surface area contributed by atoms with E-state index >= 15 is 0 Å². The number of fused-ring (bicyclic) bond motifs is 1. The summed E-state index contributed by atoms with van der Waals surface area (Å²) >= 11 is 0. The van der Waals surface area contributed by atoms with Gasteiger partial charge in [-0.05, 0) is 62.9 Å². The van der Waals surface area contributed by atoms with Crippen LogP contribution in [-0.2, 0) is 16.1 Å². The van der Waals surface area contributed by atoms with Crippen molar-refractivity contribution in [3.8, 4) is 0 Å². The van der Waals surface area contributed by atoms with Gasteiger partial charge in [0.05, 0.1) is 11.1 Å². The number of benzene rings is 1. The number of nitrogens with one attached hydrogen (secondary N) is 1. The maximum atomic E-state index is 12.9. The molecule has 3 heterocycles. The van der Waals surface area contributed by atoms with Crippen molar-refractivity contribution >= 4 is 23.6 Å². The monoisotopic (exact) mass is 398 g/mol. The van der Waals surface area contributed by atoms with E-state index in [9.17, 15) is 19.2 Å². The van der Waals surface area contributed by atoms with Crippen LogP contribution in [0.25, 0.3) is 0 Å². The summed E-state index contributed by atoms with van der Waals surface area (Å²) in [6.07, 6.45) is 2.40. The summed E-state index contributed by atoms with van der Waals surface area (Å²) in [5, 5.41) is 2.21. The maximum absolute atomic E-state index is 12.9. The van der Waals surface area contributed by atoms with Crippen molar-refractivity contribution < 1.29 is 19.2 Å². The molecule has 4 amide bonds. The highest BCUT2D eigenvalue weighted by molar-refractivity contribution is 6.23. The van der Waals surface area contributed by atoms with Crippen LogP contribution >= 0.6 is 0 Å². The van der Waals surface area contributed by atoms with Crippen molar-refractivity contribution in [2.24, 2.45) is 11.7 Å². The molecule has 0 bridgehead atoms. The predicted octanol–water partition coefficient (Wildman–Crippen LogP) is 0.647. The molecule has 3 unspecified atom stereocenters. The lowest BCUT2D eigenvalue weighted by Crippen LogP contribution is -2.54. The number of rotatable bonds is 4. The van der Waals surface area contributed by atoms with Crippen molar-refractivity contribution in [2.75, 3.05) is 13.1 Å². The Morgan fingerprint density at radius 1 is 1.10 bits per heavy atom. The highest BCUT2D eigenvalue weighted by Gasteiger charge is 2.44. The van der Waals surface area contributed by atoms with Crippen LogP contribution in [0.5, 0.6) is 0 Å². The molecule has 0 aromatic heterocycles. The molecular weight excluding hydrogens is 372 g/mol. The van der Waals surface area contributed by atoms with Crippen LogP contribution < -0.4 is 11.1 Å². The molecule has 1 aromatic carbocycles. The molecule has 0 aliphatic carbocycles. The first-order valence-corrected chi connectivity index (χ1v) is 10.2. The first-order valence-electron chi connectivity index (χ1n) is 10.2.